The molecule has 442 valence electrons. The molecule has 0 unspecified atom stereocenters. The van der Waals surface area contributed by atoms with Crippen LogP contribution in [-0.4, -0.2) is 151 Å². The summed E-state index contributed by atoms with van der Waals surface area (Å²) >= 11 is 0. The van der Waals surface area contributed by atoms with Gasteiger partial charge in [0.15, 0.2) is 0 Å². The number of ether oxygens (including phenoxy) is 2. The minimum Gasteiger partial charge on any atom is -0.381 e. The monoisotopic (exact) mass is 1130 g/mol. The average molecular weight is 1130 g/mol. The van der Waals surface area contributed by atoms with E-state index >= 15 is 0 Å². The average Bonchev–Trinajstić information content (AvgIpc) is 4.27. The van der Waals surface area contributed by atoms with Crippen molar-refractivity contribution in [3.05, 3.63) is 131 Å². The van der Waals surface area contributed by atoms with Gasteiger partial charge in [-0.15, -0.1) is 0 Å². The fraction of sp³-hybridized carbons (Fsp3) is 0.545. The summed E-state index contributed by atoms with van der Waals surface area (Å²) in [5, 5.41) is 6.37. The third-order valence-electron chi connectivity index (χ3n) is 17.6. The number of hydrogen-bond acceptors (Lipinski definition) is 9. The number of halogens is 2. The topological polar surface area (TPSA) is 158 Å². The van der Waals surface area contributed by atoms with E-state index in [1.807, 2.05) is 61.8 Å². The third kappa shape index (κ3) is 16.5. The van der Waals surface area contributed by atoms with Crippen molar-refractivity contribution in [3.8, 4) is 11.1 Å². The maximum absolute atomic E-state index is 14.7. The Hall–Kier alpha value is -6.36. The smallest absolute Gasteiger partial charge is 0.253 e. The molecule has 4 aromatic rings. The molecule has 4 heterocycles. The molecule has 0 aliphatic carbocycles. The van der Waals surface area contributed by atoms with Crippen LogP contribution >= 0.6 is 0 Å². The maximum Gasteiger partial charge on any atom is 0.253 e. The molecule has 82 heavy (non-hydrogen) atoms. The van der Waals surface area contributed by atoms with Crippen LogP contribution in [0.3, 0.4) is 0 Å². The molecule has 4 aliphatic heterocycles. The second kappa shape index (κ2) is 30.3. The van der Waals surface area contributed by atoms with Crippen molar-refractivity contribution >= 4 is 35.3 Å². The highest BCUT2D eigenvalue weighted by Crippen LogP contribution is 2.33. The largest absolute Gasteiger partial charge is 0.381 e. The van der Waals surface area contributed by atoms with Gasteiger partial charge < -0.3 is 39.7 Å². The van der Waals surface area contributed by atoms with Crippen LogP contribution in [0.4, 0.5) is 8.78 Å². The van der Waals surface area contributed by atoms with Gasteiger partial charge in [-0.3, -0.25) is 28.8 Å². The quantitative estimate of drug-likeness (QED) is 0.0626. The summed E-state index contributed by atoms with van der Waals surface area (Å²) in [6.07, 6.45) is 8.41. The van der Waals surface area contributed by atoms with E-state index in [1.165, 1.54) is 24.3 Å². The second-order valence-corrected chi connectivity index (χ2v) is 23.2. The second-order valence-electron chi connectivity index (χ2n) is 23.2. The Kier molecular flexibility index (Phi) is 22.8. The summed E-state index contributed by atoms with van der Waals surface area (Å²) in [6.45, 7) is 12.9. The number of likely N-dealkylation sites (tertiary alicyclic amines) is 2. The molecule has 0 aromatic heterocycles. The summed E-state index contributed by atoms with van der Waals surface area (Å²) in [6, 6.07) is 25.7. The van der Waals surface area contributed by atoms with Gasteiger partial charge in [-0.2, -0.15) is 0 Å². The first kappa shape index (κ1) is 61.7. The van der Waals surface area contributed by atoms with Crippen molar-refractivity contribution in [1.29, 1.82) is 0 Å². The first-order chi connectivity index (χ1) is 39.7. The predicted octanol–water partition coefficient (Wildman–Crippen LogP) is 9.33. The highest BCUT2D eigenvalue weighted by molar-refractivity contribution is 5.96. The number of carbonyl (C=O) groups is 6. The lowest BCUT2D eigenvalue weighted by Gasteiger charge is -2.37. The van der Waals surface area contributed by atoms with E-state index in [4.69, 9.17) is 9.47 Å². The van der Waals surface area contributed by atoms with E-state index in [9.17, 15) is 37.5 Å². The van der Waals surface area contributed by atoms with Gasteiger partial charge in [-0.25, -0.2) is 8.78 Å². The van der Waals surface area contributed by atoms with Crippen molar-refractivity contribution < 1.29 is 47.0 Å². The standard InChI is InChI=1S/C66H86F2N6O8/c1-5-9-45(3)62(76)70-61(52-32-40-82-41-33-52)66(80)74-35-8-11-58(74)44-72(37-29-48-14-26-56(68)27-15-48)64(78)54-22-18-50(19-23-54)49-16-20-53(21-17-49)63(77)71(36-28-47-12-24-55(67)25-13-47)43-57-10-7-34-73(57)65(79)59(51-30-38-81-39-31-51)42-60(75)46(4)69-6-2/h12-27,45-46,51-52,57-59,61,69H,5-11,28-44H2,1-4H3,(H,70,76)/t45-,46+,57+,58+,59+,61+/m1/s1. The van der Waals surface area contributed by atoms with Gasteiger partial charge in [0, 0.05) is 107 Å². The zero-order chi connectivity index (χ0) is 58.1. The van der Waals surface area contributed by atoms with Gasteiger partial charge in [-0.05, 0) is 167 Å². The number of likely N-dealkylation sites (N-methyl/N-ethyl adjacent to an activating group) is 1. The van der Waals surface area contributed by atoms with Crippen molar-refractivity contribution in [3.63, 3.8) is 0 Å². The molecule has 2 N–H and O–H groups in total. The number of nitrogens with zero attached hydrogens (tertiary/aromatic N) is 4. The maximum atomic E-state index is 14.7. The molecule has 4 saturated heterocycles. The Bertz CT molecular complexity index is 2550. The van der Waals surface area contributed by atoms with Crippen molar-refractivity contribution in [2.75, 3.05) is 72.2 Å². The van der Waals surface area contributed by atoms with E-state index in [0.29, 0.717) is 128 Å². The molecule has 0 saturated carbocycles. The number of hydrogen-bond donors (Lipinski definition) is 2. The van der Waals surface area contributed by atoms with Gasteiger partial charge in [0.2, 0.25) is 17.7 Å². The van der Waals surface area contributed by atoms with Gasteiger partial charge in [0.05, 0.1) is 6.04 Å². The number of ketones is 1. The summed E-state index contributed by atoms with van der Waals surface area (Å²) < 4.78 is 39.2. The zero-order valence-corrected chi connectivity index (χ0v) is 48.6. The van der Waals surface area contributed by atoms with Crippen LogP contribution in [-0.2, 0) is 41.5 Å². The van der Waals surface area contributed by atoms with Crippen LogP contribution in [0.5, 0.6) is 0 Å². The molecule has 0 spiro atoms. The van der Waals surface area contributed by atoms with Gasteiger partial charge >= 0.3 is 0 Å². The van der Waals surface area contributed by atoms with Gasteiger partial charge in [0.25, 0.3) is 11.8 Å². The molecule has 0 radical (unpaired) electrons. The molecular formula is C66H86F2N6O8. The minimum absolute atomic E-state index is 0.0157. The van der Waals surface area contributed by atoms with Crippen molar-refractivity contribution in [2.24, 2.45) is 23.7 Å². The molecule has 4 aromatic carbocycles. The van der Waals surface area contributed by atoms with Crippen LogP contribution in [0.1, 0.15) is 130 Å². The molecule has 8 rings (SSSR count). The number of amides is 5. The lowest BCUT2D eigenvalue weighted by molar-refractivity contribution is -0.142. The first-order valence-corrected chi connectivity index (χ1v) is 30.3. The number of Topliss-reactive ketones (excluding diaryl/α,β-unsaturated/α-hetero) is 1. The van der Waals surface area contributed by atoms with E-state index in [0.717, 1.165) is 47.9 Å². The van der Waals surface area contributed by atoms with Crippen LogP contribution in [0.25, 0.3) is 11.1 Å². The minimum atomic E-state index is -0.686. The highest BCUT2D eigenvalue weighted by atomic mass is 19.1. The molecular weight excluding hydrogens is 1040 g/mol. The third-order valence-corrected chi connectivity index (χ3v) is 17.6. The van der Waals surface area contributed by atoms with E-state index in [-0.39, 0.29) is 95.8 Å². The predicted molar refractivity (Wildman–Crippen MR) is 313 cm³/mol. The van der Waals surface area contributed by atoms with E-state index < -0.39 is 12.0 Å². The Morgan fingerprint density at radius 2 is 1.05 bits per heavy atom. The Labute approximate surface area is 484 Å². The molecule has 0 bridgehead atoms. The Morgan fingerprint density at radius 3 is 1.50 bits per heavy atom. The normalized spacial score (nSPS) is 19.3. The van der Waals surface area contributed by atoms with Crippen LogP contribution < -0.4 is 10.6 Å². The lowest BCUT2D eigenvalue weighted by Crippen LogP contribution is -2.56. The van der Waals surface area contributed by atoms with Crippen molar-refractivity contribution in [2.45, 2.75) is 135 Å². The lowest BCUT2D eigenvalue weighted by atomic mass is 9.81. The summed E-state index contributed by atoms with van der Waals surface area (Å²) in [4.78, 5) is 93.1. The van der Waals surface area contributed by atoms with Gasteiger partial charge in [0.1, 0.15) is 23.5 Å². The van der Waals surface area contributed by atoms with E-state index in [2.05, 4.69) is 10.6 Å². The van der Waals surface area contributed by atoms with Crippen LogP contribution in [0.15, 0.2) is 97.1 Å². The number of carbonyl (C=O) groups excluding carboxylic acids is 6. The summed E-state index contributed by atoms with van der Waals surface area (Å²) in [7, 11) is 0. The molecule has 6 atom stereocenters. The molecule has 4 aliphatic rings. The number of benzene rings is 4. The highest BCUT2D eigenvalue weighted by Gasteiger charge is 2.42. The van der Waals surface area contributed by atoms with Crippen LogP contribution in [0.2, 0.25) is 0 Å². The molecule has 14 nitrogen and oxygen atoms in total. The summed E-state index contributed by atoms with van der Waals surface area (Å²) in [5.41, 5.74) is 4.36. The Balaban J connectivity index is 0.978. The SMILES string of the molecule is CCC[C@@H](C)C(=O)N[C@H](C(=O)N1CCC[C@H]1CN(CCc1ccc(F)cc1)C(=O)c1ccc(-c2ccc(C(=O)N(CCc3ccc(F)cc3)C[C@@H]3CCCN3C(=O)[C@@H](CC(=O)[C@H](C)NCC)C3CCOCC3)cc2)cc1)C1CCOCC1. The molecule has 4 fully saturated rings. The van der Waals surface area contributed by atoms with Gasteiger partial charge in [-0.1, -0.05) is 75.7 Å². The fourth-order valence-electron chi connectivity index (χ4n) is 12.6. The zero-order valence-electron chi connectivity index (χ0n) is 48.6. The van der Waals surface area contributed by atoms with E-state index in [1.54, 1.807) is 58.3 Å². The summed E-state index contributed by atoms with van der Waals surface area (Å²) in [5.74, 6) is -2.08. The Morgan fingerprint density at radius 1 is 0.598 bits per heavy atom. The number of nitrogens with one attached hydrogen (secondary N) is 2. The molecule has 5 amide bonds. The first-order valence-electron chi connectivity index (χ1n) is 30.3. The van der Waals surface area contributed by atoms with Crippen molar-refractivity contribution in [1.82, 2.24) is 30.2 Å². The van der Waals surface area contributed by atoms with Crippen LogP contribution in [0, 0.1) is 35.3 Å². The number of rotatable bonds is 26. The molecule has 16 heteroatoms. The fourth-order valence-corrected chi connectivity index (χ4v) is 12.6.